The average Bonchev–Trinajstić information content (AvgIpc) is 2.42. The molecular formula is C13H17N3O2S. The predicted octanol–water partition coefficient (Wildman–Crippen LogP) is 1.61. The van der Waals surface area contributed by atoms with Crippen molar-refractivity contribution in [1.82, 2.24) is 0 Å². The van der Waals surface area contributed by atoms with Gasteiger partial charge in [-0.05, 0) is 30.6 Å². The molecule has 1 aromatic rings. The van der Waals surface area contributed by atoms with Crippen molar-refractivity contribution in [2.45, 2.75) is 12.5 Å². The smallest absolute Gasteiger partial charge is 0.241 e. The molecule has 0 aromatic heterocycles. The highest BCUT2D eigenvalue weighted by atomic mass is 32.2. The maximum atomic E-state index is 11.8. The molecule has 0 aliphatic rings. The van der Waals surface area contributed by atoms with Crippen molar-refractivity contribution in [3.05, 3.63) is 24.3 Å². The summed E-state index contributed by atoms with van der Waals surface area (Å²) in [6.45, 7) is -0.0232. The second-order valence-electron chi connectivity index (χ2n) is 3.85. The zero-order chi connectivity index (χ0) is 14.1. The zero-order valence-corrected chi connectivity index (χ0v) is 11.6. The van der Waals surface area contributed by atoms with Crippen LogP contribution in [0.1, 0.15) is 6.42 Å². The quantitative estimate of drug-likeness (QED) is 0.791. The third-order valence-electron chi connectivity index (χ3n) is 2.37. The lowest BCUT2D eigenvalue weighted by Gasteiger charge is -2.12. The van der Waals surface area contributed by atoms with Crippen molar-refractivity contribution in [2.24, 2.45) is 5.73 Å². The molecule has 0 saturated heterocycles. The van der Waals surface area contributed by atoms with Gasteiger partial charge in [0.25, 0.3) is 0 Å². The molecule has 0 fully saturated rings. The second kappa shape index (κ2) is 8.40. The highest BCUT2D eigenvalue weighted by Gasteiger charge is 2.13. The normalized spacial score (nSPS) is 11.4. The number of amides is 1. The minimum Gasteiger partial charge on any atom is -0.479 e. The molecule has 1 atom stereocenters. The number of nitrogens with zero attached hydrogens (tertiary/aromatic N) is 1. The van der Waals surface area contributed by atoms with Gasteiger partial charge in [-0.1, -0.05) is 6.07 Å². The Labute approximate surface area is 117 Å². The van der Waals surface area contributed by atoms with Crippen molar-refractivity contribution < 1.29 is 9.53 Å². The number of carbonyl (C=O) groups is 1. The van der Waals surface area contributed by atoms with Crippen LogP contribution in [-0.4, -0.2) is 30.6 Å². The summed E-state index contributed by atoms with van der Waals surface area (Å²) in [7, 11) is 0. The van der Waals surface area contributed by atoms with E-state index in [1.165, 1.54) is 0 Å². The number of nitrogens with one attached hydrogen (secondary N) is 1. The van der Waals surface area contributed by atoms with E-state index < -0.39 is 6.04 Å². The predicted molar refractivity (Wildman–Crippen MR) is 77.2 cm³/mol. The number of carbonyl (C=O) groups excluding carboxylic acids is 1. The van der Waals surface area contributed by atoms with Gasteiger partial charge in [-0.15, -0.1) is 0 Å². The van der Waals surface area contributed by atoms with E-state index in [9.17, 15) is 4.79 Å². The molecular weight excluding hydrogens is 262 g/mol. The van der Waals surface area contributed by atoms with Crippen molar-refractivity contribution in [3.63, 3.8) is 0 Å². The fourth-order valence-electron chi connectivity index (χ4n) is 1.39. The average molecular weight is 279 g/mol. The molecule has 0 bridgehead atoms. The molecule has 0 spiro atoms. The van der Waals surface area contributed by atoms with Gasteiger partial charge >= 0.3 is 0 Å². The number of rotatable bonds is 7. The van der Waals surface area contributed by atoms with Gasteiger partial charge in [0, 0.05) is 11.8 Å². The van der Waals surface area contributed by atoms with Crippen LogP contribution in [0.4, 0.5) is 5.69 Å². The molecule has 5 nitrogen and oxygen atoms in total. The molecule has 3 N–H and O–H groups in total. The van der Waals surface area contributed by atoms with Gasteiger partial charge in [0.05, 0.1) is 6.04 Å². The molecule has 0 unspecified atom stereocenters. The van der Waals surface area contributed by atoms with Crippen molar-refractivity contribution in [1.29, 1.82) is 5.26 Å². The van der Waals surface area contributed by atoms with Gasteiger partial charge in [-0.2, -0.15) is 17.0 Å². The van der Waals surface area contributed by atoms with Crippen LogP contribution in [0.15, 0.2) is 24.3 Å². The van der Waals surface area contributed by atoms with Crippen LogP contribution in [0.2, 0.25) is 0 Å². The van der Waals surface area contributed by atoms with Crippen LogP contribution in [0.3, 0.4) is 0 Å². The van der Waals surface area contributed by atoms with Crippen LogP contribution in [-0.2, 0) is 4.79 Å². The van der Waals surface area contributed by atoms with Gasteiger partial charge in [-0.25, -0.2) is 0 Å². The van der Waals surface area contributed by atoms with E-state index in [4.69, 9.17) is 15.7 Å². The highest BCUT2D eigenvalue weighted by Crippen LogP contribution is 2.17. The molecule has 0 saturated carbocycles. The lowest BCUT2D eigenvalue weighted by Crippen LogP contribution is -2.36. The topological polar surface area (TPSA) is 88.1 Å². The molecule has 19 heavy (non-hydrogen) atoms. The zero-order valence-electron chi connectivity index (χ0n) is 10.8. The number of ether oxygens (including phenoxy) is 1. The maximum Gasteiger partial charge on any atom is 0.241 e. The van der Waals surface area contributed by atoms with Crippen LogP contribution in [0.5, 0.6) is 5.75 Å². The minimum atomic E-state index is -0.517. The van der Waals surface area contributed by atoms with Crippen LogP contribution in [0, 0.1) is 11.3 Å². The van der Waals surface area contributed by atoms with E-state index in [2.05, 4.69) is 5.32 Å². The Bertz CT molecular complexity index is 459. The molecule has 0 radical (unpaired) electrons. The van der Waals surface area contributed by atoms with Crippen molar-refractivity contribution in [2.75, 3.05) is 23.9 Å². The molecule has 0 aliphatic carbocycles. The van der Waals surface area contributed by atoms with Crippen LogP contribution < -0.4 is 15.8 Å². The highest BCUT2D eigenvalue weighted by molar-refractivity contribution is 7.98. The number of nitrogens with two attached hydrogens (primary N) is 1. The molecule has 102 valence electrons. The van der Waals surface area contributed by atoms with E-state index in [0.29, 0.717) is 17.9 Å². The fraction of sp³-hybridized carbons (Fsp3) is 0.385. The molecule has 0 aliphatic heterocycles. The Morgan fingerprint density at radius 1 is 1.63 bits per heavy atom. The summed E-state index contributed by atoms with van der Waals surface area (Å²) in [6, 6.07) is 8.25. The minimum absolute atomic E-state index is 0.0232. The molecule has 1 aromatic carbocycles. The van der Waals surface area contributed by atoms with Crippen molar-refractivity contribution in [3.8, 4) is 11.8 Å². The first kappa shape index (κ1) is 15.3. The van der Waals surface area contributed by atoms with Crippen molar-refractivity contribution >= 4 is 23.4 Å². The Kier molecular flexibility index (Phi) is 6.79. The lowest BCUT2D eigenvalue weighted by molar-refractivity contribution is -0.117. The number of anilines is 1. The van der Waals surface area contributed by atoms with E-state index in [-0.39, 0.29) is 12.5 Å². The maximum absolute atomic E-state index is 11.8. The van der Waals surface area contributed by atoms with Gasteiger partial charge < -0.3 is 15.8 Å². The summed E-state index contributed by atoms with van der Waals surface area (Å²) in [4.78, 5) is 11.8. The second-order valence-corrected chi connectivity index (χ2v) is 4.84. The first-order chi connectivity index (χ1) is 9.17. The molecule has 1 amide bonds. The van der Waals surface area contributed by atoms with E-state index in [1.807, 2.05) is 12.3 Å². The summed E-state index contributed by atoms with van der Waals surface area (Å²) in [5.74, 6) is 1.17. The number of hydrogen-bond acceptors (Lipinski definition) is 5. The molecule has 6 heteroatoms. The Hall–Kier alpha value is -1.71. The first-order valence-corrected chi connectivity index (χ1v) is 7.22. The first-order valence-electron chi connectivity index (χ1n) is 5.82. The van der Waals surface area contributed by atoms with Gasteiger partial charge in [0.2, 0.25) is 5.91 Å². The van der Waals surface area contributed by atoms with Gasteiger partial charge in [0.1, 0.15) is 11.8 Å². The SMILES string of the molecule is CSCC[C@@H](N)C(=O)Nc1cccc(OCC#N)c1. The lowest BCUT2D eigenvalue weighted by atomic mass is 10.2. The third-order valence-corrected chi connectivity index (χ3v) is 3.02. The van der Waals surface area contributed by atoms with Crippen LogP contribution in [0.25, 0.3) is 0 Å². The Morgan fingerprint density at radius 3 is 3.11 bits per heavy atom. The molecule has 1 rings (SSSR count). The number of thioether (sulfide) groups is 1. The van der Waals surface area contributed by atoms with Crippen LogP contribution >= 0.6 is 11.8 Å². The largest absolute Gasteiger partial charge is 0.479 e. The fourth-order valence-corrected chi connectivity index (χ4v) is 1.88. The number of hydrogen-bond donors (Lipinski definition) is 2. The molecule has 0 heterocycles. The van der Waals surface area contributed by atoms with Gasteiger partial charge in [-0.3, -0.25) is 4.79 Å². The number of benzene rings is 1. The summed E-state index contributed by atoms with van der Waals surface area (Å²) < 4.78 is 5.16. The summed E-state index contributed by atoms with van der Waals surface area (Å²) in [5, 5.41) is 11.2. The van der Waals surface area contributed by atoms with E-state index >= 15 is 0 Å². The van der Waals surface area contributed by atoms with Gasteiger partial charge in [0.15, 0.2) is 6.61 Å². The Morgan fingerprint density at radius 2 is 2.42 bits per heavy atom. The summed E-state index contributed by atoms with van der Waals surface area (Å²) >= 11 is 1.65. The standard InChI is InChI=1S/C13H17N3O2S/c1-19-8-5-12(15)13(17)16-10-3-2-4-11(9-10)18-7-6-14/h2-4,9,12H,5,7-8,15H2,1H3,(H,16,17)/t12-/m1/s1. The Balaban J connectivity index is 2.56. The summed E-state index contributed by atoms with van der Waals surface area (Å²) in [5.41, 5.74) is 6.38. The van der Waals surface area contributed by atoms with E-state index in [1.54, 1.807) is 36.0 Å². The third kappa shape index (κ3) is 5.64. The monoisotopic (exact) mass is 279 g/mol. The number of nitriles is 1. The van der Waals surface area contributed by atoms with E-state index in [0.717, 1.165) is 5.75 Å². The summed E-state index contributed by atoms with van der Waals surface area (Å²) in [6.07, 6.45) is 2.61.